The zero-order valence-corrected chi connectivity index (χ0v) is 16.7. The number of piperidine rings is 1. The van der Waals surface area contributed by atoms with Crippen molar-refractivity contribution in [2.45, 2.75) is 45.3 Å². The summed E-state index contributed by atoms with van der Waals surface area (Å²) in [7, 11) is 0. The molecule has 0 amide bonds. The summed E-state index contributed by atoms with van der Waals surface area (Å²) < 4.78 is 0. The van der Waals surface area contributed by atoms with Crippen LogP contribution in [0.4, 0.5) is 0 Å². The molecule has 2 heterocycles. The van der Waals surface area contributed by atoms with Gasteiger partial charge < -0.3 is 14.9 Å². The van der Waals surface area contributed by atoms with E-state index in [4.69, 9.17) is 0 Å². The summed E-state index contributed by atoms with van der Waals surface area (Å²) in [6, 6.07) is 11.1. The van der Waals surface area contributed by atoms with Crippen molar-refractivity contribution in [3.05, 3.63) is 35.9 Å². The first-order chi connectivity index (χ1) is 12.6. The molecule has 1 aromatic rings. The number of rotatable bonds is 7. The first-order valence-corrected chi connectivity index (χ1v) is 10.5. The molecule has 0 unspecified atom stereocenters. The number of piperazine rings is 1. The van der Waals surface area contributed by atoms with Gasteiger partial charge >= 0.3 is 0 Å². The predicted molar refractivity (Wildman–Crippen MR) is 108 cm³/mol. The predicted octanol–water partition coefficient (Wildman–Crippen LogP) is 2.33. The van der Waals surface area contributed by atoms with Crippen LogP contribution in [0.2, 0.25) is 0 Å². The van der Waals surface area contributed by atoms with E-state index in [0.717, 1.165) is 71.1 Å². The molecule has 1 N–H and O–H groups in total. The van der Waals surface area contributed by atoms with Gasteiger partial charge in [0.2, 0.25) is 0 Å². The van der Waals surface area contributed by atoms with Crippen LogP contribution in [-0.2, 0) is 6.42 Å². The van der Waals surface area contributed by atoms with Crippen LogP contribution in [0.3, 0.4) is 0 Å². The van der Waals surface area contributed by atoms with Gasteiger partial charge in [-0.2, -0.15) is 0 Å². The third-order valence-corrected chi connectivity index (χ3v) is 6.09. The van der Waals surface area contributed by atoms with E-state index in [1.54, 1.807) is 0 Å². The molecule has 2 saturated heterocycles. The van der Waals surface area contributed by atoms with Gasteiger partial charge in [0.1, 0.15) is 0 Å². The number of hydrogen-bond acceptors (Lipinski definition) is 4. The molecular formula is C22H37N3O. The van der Waals surface area contributed by atoms with Crippen molar-refractivity contribution in [2.24, 2.45) is 5.92 Å². The molecule has 26 heavy (non-hydrogen) atoms. The van der Waals surface area contributed by atoms with Gasteiger partial charge in [-0.3, -0.25) is 4.90 Å². The minimum Gasteiger partial charge on any atom is -0.390 e. The summed E-state index contributed by atoms with van der Waals surface area (Å²) in [6.07, 6.45) is 3.30. The molecule has 0 aliphatic carbocycles. The molecule has 2 fully saturated rings. The molecule has 2 aliphatic rings. The van der Waals surface area contributed by atoms with Gasteiger partial charge in [0, 0.05) is 45.3 Å². The van der Waals surface area contributed by atoms with Crippen molar-refractivity contribution < 1.29 is 5.11 Å². The molecule has 0 bridgehead atoms. The van der Waals surface area contributed by atoms with Crippen LogP contribution >= 0.6 is 0 Å². The monoisotopic (exact) mass is 359 g/mol. The SMILES string of the molecule is CC(C)CCN1CC[C@@H](N2CCN(CCc3ccccc3)CC2)[C@H](O)C1. The fraction of sp³-hybridized carbons (Fsp3) is 0.727. The standard InChI is InChI=1S/C22H37N3O/c1-19(2)8-11-24-13-10-21(22(26)18-24)25-16-14-23(15-17-25)12-9-20-6-4-3-5-7-20/h3-7,19,21-22,26H,8-18H2,1-2H3/t21-,22-/m1/s1. The van der Waals surface area contributed by atoms with E-state index in [9.17, 15) is 5.11 Å². The highest BCUT2D eigenvalue weighted by Crippen LogP contribution is 2.20. The van der Waals surface area contributed by atoms with E-state index in [0.29, 0.717) is 6.04 Å². The Labute approximate surface area is 159 Å². The molecule has 0 spiro atoms. The van der Waals surface area contributed by atoms with Crippen LogP contribution < -0.4 is 0 Å². The minimum absolute atomic E-state index is 0.188. The molecule has 2 atom stereocenters. The third kappa shape index (κ3) is 5.78. The number of β-amino-alcohol motifs (C(OH)–C–C–N with tert-alkyl or cyclic N) is 1. The third-order valence-electron chi connectivity index (χ3n) is 6.09. The highest BCUT2D eigenvalue weighted by Gasteiger charge is 2.33. The summed E-state index contributed by atoms with van der Waals surface area (Å²) in [5.74, 6) is 0.744. The van der Waals surface area contributed by atoms with Crippen molar-refractivity contribution in [1.29, 1.82) is 0 Å². The van der Waals surface area contributed by atoms with Crippen LogP contribution in [0.5, 0.6) is 0 Å². The highest BCUT2D eigenvalue weighted by atomic mass is 16.3. The second-order valence-corrected chi connectivity index (χ2v) is 8.52. The number of aliphatic hydroxyl groups is 1. The lowest BCUT2D eigenvalue weighted by molar-refractivity contribution is -0.0295. The second kappa shape index (κ2) is 9.84. The lowest BCUT2D eigenvalue weighted by Crippen LogP contribution is -2.59. The topological polar surface area (TPSA) is 30.0 Å². The summed E-state index contributed by atoms with van der Waals surface area (Å²) >= 11 is 0. The molecule has 146 valence electrons. The second-order valence-electron chi connectivity index (χ2n) is 8.52. The number of likely N-dealkylation sites (tertiary alicyclic amines) is 1. The molecule has 1 aromatic carbocycles. The zero-order chi connectivity index (χ0) is 18.4. The number of aliphatic hydroxyl groups excluding tert-OH is 1. The first kappa shape index (κ1) is 19.8. The molecule has 3 rings (SSSR count). The van der Waals surface area contributed by atoms with Gasteiger partial charge in [-0.05, 0) is 43.8 Å². The minimum atomic E-state index is -0.188. The Kier molecular flexibility index (Phi) is 7.50. The maximum absolute atomic E-state index is 10.7. The lowest BCUT2D eigenvalue weighted by Gasteiger charge is -2.45. The molecule has 2 aliphatic heterocycles. The summed E-state index contributed by atoms with van der Waals surface area (Å²) in [4.78, 5) is 7.58. The van der Waals surface area contributed by atoms with Gasteiger partial charge in [0.25, 0.3) is 0 Å². The highest BCUT2D eigenvalue weighted by molar-refractivity contribution is 5.14. The molecular weight excluding hydrogens is 322 g/mol. The Morgan fingerprint density at radius 1 is 0.962 bits per heavy atom. The van der Waals surface area contributed by atoms with Crippen LogP contribution in [0.15, 0.2) is 30.3 Å². The van der Waals surface area contributed by atoms with Crippen molar-refractivity contribution in [2.75, 3.05) is 52.4 Å². The average molecular weight is 360 g/mol. The van der Waals surface area contributed by atoms with E-state index in [1.165, 1.54) is 12.0 Å². The van der Waals surface area contributed by atoms with Crippen molar-refractivity contribution in [3.8, 4) is 0 Å². The first-order valence-electron chi connectivity index (χ1n) is 10.5. The summed E-state index contributed by atoms with van der Waals surface area (Å²) in [5.41, 5.74) is 1.43. The Morgan fingerprint density at radius 2 is 1.69 bits per heavy atom. The van der Waals surface area contributed by atoms with Crippen LogP contribution in [0.25, 0.3) is 0 Å². The smallest absolute Gasteiger partial charge is 0.0822 e. The van der Waals surface area contributed by atoms with E-state index in [2.05, 4.69) is 58.9 Å². The van der Waals surface area contributed by atoms with Crippen LogP contribution in [0.1, 0.15) is 32.3 Å². The number of nitrogens with zero attached hydrogens (tertiary/aromatic N) is 3. The van der Waals surface area contributed by atoms with Gasteiger partial charge in [-0.1, -0.05) is 44.2 Å². The van der Waals surface area contributed by atoms with E-state index < -0.39 is 0 Å². The summed E-state index contributed by atoms with van der Waals surface area (Å²) in [5, 5.41) is 10.7. The van der Waals surface area contributed by atoms with E-state index >= 15 is 0 Å². The molecule has 4 nitrogen and oxygen atoms in total. The quantitative estimate of drug-likeness (QED) is 0.809. The molecule has 4 heteroatoms. The number of hydrogen-bond donors (Lipinski definition) is 1. The normalized spacial score (nSPS) is 26.5. The van der Waals surface area contributed by atoms with Crippen molar-refractivity contribution >= 4 is 0 Å². The fourth-order valence-electron chi connectivity index (χ4n) is 4.31. The maximum Gasteiger partial charge on any atom is 0.0822 e. The van der Waals surface area contributed by atoms with Crippen molar-refractivity contribution in [1.82, 2.24) is 14.7 Å². The maximum atomic E-state index is 10.7. The van der Waals surface area contributed by atoms with Crippen LogP contribution in [-0.4, -0.2) is 84.3 Å². The average Bonchev–Trinajstić information content (AvgIpc) is 2.66. The van der Waals surface area contributed by atoms with Gasteiger partial charge in [-0.15, -0.1) is 0 Å². The number of benzene rings is 1. The zero-order valence-electron chi connectivity index (χ0n) is 16.7. The lowest BCUT2D eigenvalue weighted by atomic mass is 9.98. The summed E-state index contributed by atoms with van der Waals surface area (Å²) in [6.45, 7) is 13.3. The molecule has 0 aromatic heterocycles. The van der Waals surface area contributed by atoms with E-state index in [-0.39, 0.29) is 6.10 Å². The Balaban J connectivity index is 1.38. The Hall–Kier alpha value is -0.940. The van der Waals surface area contributed by atoms with Crippen molar-refractivity contribution in [3.63, 3.8) is 0 Å². The molecule has 0 saturated carbocycles. The van der Waals surface area contributed by atoms with Crippen LogP contribution in [0, 0.1) is 5.92 Å². The van der Waals surface area contributed by atoms with E-state index in [1.807, 2.05) is 0 Å². The van der Waals surface area contributed by atoms with Gasteiger partial charge in [0.15, 0.2) is 0 Å². The Bertz CT molecular complexity index is 513. The Morgan fingerprint density at radius 3 is 2.35 bits per heavy atom. The fourth-order valence-corrected chi connectivity index (χ4v) is 4.31. The molecule has 0 radical (unpaired) electrons. The van der Waals surface area contributed by atoms with Gasteiger partial charge in [0.05, 0.1) is 6.10 Å². The largest absolute Gasteiger partial charge is 0.390 e. The van der Waals surface area contributed by atoms with Gasteiger partial charge in [-0.25, -0.2) is 0 Å².